The van der Waals surface area contributed by atoms with Gasteiger partial charge < -0.3 is 31.1 Å². The molecule has 5 heterocycles. The number of rotatable bonds is 7. The zero-order valence-corrected chi connectivity index (χ0v) is 23.9. The van der Waals surface area contributed by atoms with Crippen LogP contribution in [0.3, 0.4) is 0 Å². The fourth-order valence-corrected chi connectivity index (χ4v) is 6.80. The van der Waals surface area contributed by atoms with Crippen molar-refractivity contribution in [3.8, 4) is 0 Å². The van der Waals surface area contributed by atoms with Gasteiger partial charge in [-0.25, -0.2) is 19.9 Å². The van der Waals surface area contributed by atoms with Crippen LogP contribution in [0.25, 0.3) is 0 Å². The zero-order valence-electron chi connectivity index (χ0n) is 22.3. The Balaban J connectivity index is 1.08. The van der Waals surface area contributed by atoms with E-state index in [1.54, 1.807) is 24.7 Å². The molecular weight excluding hydrogens is 550 g/mol. The van der Waals surface area contributed by atoms with E-state index in [0.717, 1.165) is 61.1 Å². The van der Waals surface area contributed by atoms with Crippen molar-refractivity contribution >= 4 is 46.8 Å². The zero-order chi connectivity index (χ0) is 27.7. The van der Waals surface area contributed by atoms with E-state index in [2.05, 4.69) is 47.4 Å². The summed E-state index contributed by atoms with van der Waals surface area (Å²) in [5.74, 6) is 2.42. The molecule has 3 aliphatic rings. The highest BCUT2D eigenvalue weighted by atomic mass is 35.5. The Morgan fingerprint density at radius 1 is 1.12 bits per heavy atom. The van der Waals surface area contributed by atoms with Crippen molar-refractivity contribution in [2.24, 2.45) is 11.1 Å². The molecule has 6 rings (SSSR count). The number of aromatic nitrogens is 5. The average molecular weight is 584 g/mol. The first-order chi connectivity index (χ1) is 19.4. The summed E-state index contributed by atoms with van der Waals surface area (Å²) in [4.78, 5) is 25.6. The lowest BCUT2D eigenvalue weighted by Gasteiger charge is -2.41. The van der Waals surface area contributed by atoms with Gasteiger partial charge in [-0.15, -0.1) is 0 Å². The van der Waals surface area contributed by atoms with Crippen LogP contribution >= 0.6 is 23.4 Å². The van der Waals surface area contributed by atoms with Gasteiger partial charge in [0.05, 0.1) is 36.2 Å². The minimum Gasteiger partial charge on any atom is -0.393 e. The number of nitrogens with zero attached hydrogens (tertiary/aromatic N) is 6. The van der Waals surface area contributed by atoms with Gasteiger partial charge in [0, 0.05) is 47.9 Å². The molecule has 5 N–H and O–H groups in total. The molecule has 0 bridgehead atoms. The topological polar surface area (TPSA) is 147 Å². The smallest absolute Gasteiger partial charge is 0.224 e. The standard InChI is InChI=1S/C27H34ClN9O2S/c1-16-24(29)27(15-39-16)6-10-37(11-7-27)21-13-33-22(14-32-21)40-19-4-8-30-25(23(19)28)35-20-5-9-31-26(36-20)34-17-2-3-18(38)12-17/h4-5,8-9,13-14,16-18,24,38H,2-3,6-7,10-12,15,29H2,1H3,(H2,30,31,34,35,36)/t16-,17-,18+,24+/m0/s1. The van der Waals surface area contributed by atoms with Gasteiger partial charge in [-0.2, -0.15) is 4.98 Å². The number of anilines is 4. The van der Waals surface area contributed by atoms with Crippen molar-refractivity contribution in [3.05, 3.63) is 41.9 Å². The molecule has 3 aromatic heterocycles. The molecular formula is C27H34ClN9O2S. The van der Waals surface area contributed by atoms with Gasteiger partial charge in [-0.05, 0) is 51.2 Å². The number of halogens is 1. The van der Waals surface area contributed by atoms with Crippen LogP contribution in [0.15, 0.2) is 46.8 Å². The Morgan fingerprint density at radius 3 is 2.65 bits per heavy atom. The monoisotopic (exact) mass is 583 g/mol. The molecule has 0 radical (unpaired) electrons. The highest BCUT2D eigenvalue weighted by Crippen LogP contribution is 2.42. The lowest BCUT2D eigenvalue weighted by molar-refractivity contribution is 0.0974. The van der Waals surface area contributed by atoms with Gasteiger partial charge in [0.1, 0.15) is 16.7 Å². The van der Waals surface area contributed by atoms with Crippen molar-refractivity contribution in [1.82, 2.24) is 24.9 Å². The van der Waals surface area contributed by atoms with E-state index in [0.29, 0.717) is 29.0 Å². The van der Waals surface area contributed by atoms with Crippen molar-refractivity contribution < 1.29 is 9.84 Å². The van der Waals surface area contributed by atoms with Gasteiger partial charge in [0.25, 0.3) is 0 Å². The summed E-state index contributed by atoms with van der Waals surface area (Å²) in [6.07, 6.45) is 11.2. The SMILES string of the molecule is C[C@@H]1OCC2(CCN(c3cnc(Sc4ccnc(Nc5ccnc(N[C@H]6CC[C@@H](O)C6)n5)c4Cl)cn3)CC2)[C@@H]1N. The second kappa shape index (κ2) is 11.6. The minimum atomic E-state index is -0.268. The molecule has 0 aromatic carbocycles. The number of nitrogens with two attached hydrogens (primary N) is 1. The summed E-state index contributed by atoms with van der Waals surface area (Å²) >= 11 is 8.16. The van der Waals surface area contributed by atoms with Crippen molar-refractivity contribution in [2.75, 3.05) is 35.2 Å². The molecule has 2 saturated heterocycles. The maximum absolute atomic E-state index is 9.78. The molecule has 3 fully saturated rings. The van der Waals surface area contributed by atoms with Gasteiger partial charge in [0.15, 0.2) is 5.82 Å². The Hall–Kier alpha value is -2.77. The molecule has 11 nitrogen and oxygen atoms in total. The van der Waals surface area contributed by atoms with Crippen molar-refractivity contribution in [2.45, 2.75) is 73.2 Å². The predicted octanol–water partition coefficient (Wildman–Crippen LogP) is 3.87. The Kier molecular flexibility index (Phi) is 7.95. The fraction of sp³-hybridized carbons (Fsp3) is 0.519. The third-order valence-corrected chi connectivity index (χ3v) is 9.73. The van der Waals surface area contributed by atoms with E-state index in [1.165, 1.54) is 11.8 Å². The number of ether oxygens (including phenoxy) is 1. The third-order valence-electron chi connectivity index (χ3n) is 8.25. The lowest BCUT2D eigenvalue weighted by atomic mass is 9.73. The van der Waals surface area contributed by atoms with E-state index < -0.39 is 0 Å². The lowest BCUT2D eigenvalue weighted by Crippen LogP contribution is -2.50. The van der Waals surface area contributed by atoms with Crippen LogP contribution in [0.1, 0.15) is 39.0 Å². The second-order valence-electron chi connectivity index (χ2n) is 10.9. The number of aliphatic hydroxyl groups is 1. The first-order valence-corrected chi connectivity index (χ1v) is 14.9. The second-order valence-corrected chi connectivity index (χ2v) is 12.3. The van der Waals surface area contributed by atoms with Crippen LogP contribution in [0.5, 0.6) is 0 Å². The van der Waals surface area contributed by atoms with Crippen LogP contribution in [0, 0.1) is 5.41 Å². The summed E-state index contributed by atoms with van der Waals surface area (Å²) in [6, 6.07) is 3.86. The average Bonchev–Trinajstić information content (AvgIpc) is 3.49. The quantitative estimate of drug-likeness (QED) is 0.320. The van der Waals surface area contributed by atoms with Crippen LogP contribution in [-0.2, 0) is 4.74 Å². The highest BCUT2D eigenvalue weighted by Gasteiger charge is 2.47. The van der Waals surface area contributed by atoms with Gasteiger partial charge >= 0.3 is 0 Å². The van der Waals surface area contributed by atoms with Crippen LogP contribution in [0.4, 0.5) is 23.4 Å². The molecule has 4 atom stereocenters. The van der Waals surface area contributed by atoms with Gasteiger partial charge in [-0.3, -0.25) is 0 Å². The summed E-state index contributed by atoms with van der Waals surface area (Å²) in [6.45, 7) is 4.59. The first kappa shape index (κ1) is 27.4. The van der Waals surface area contributed by atoms with Crippen LogP contribution < -0.4 is 21.3 Å². The number of hydrogen-bond donors (Lipinski definition) is 4. The maximum atomic E-state index is 9.78. The molecule has 13 heteroatoms. The first-order valence-electron chi connectivity index (χ1n) is 13.7. The predicted molar refractivity (Wildman–Crippen MR) is 155 cm³/mol. The highest BCUT2D eigenvalue weighted by molar-refractivity contribution is 7.99. The number of aliphatic hydroxyl groups excluding tert-OH is 1. The Bertz CT molecular complexity index is 1330. The van der Waals surface area contributed by atoms with Crippen molar-refractivity contribution in [1.29, 1.82) is 0 Å². The minimum absolute atomic E-state index is 0.0758. The van der Waals surface area contributed by atoms with Crippen LogP contribution in [-0.4, -0.2) is 74.0 Å². The summed E-state index contributed by atoms with van der Waals surface area (Å²) in [7, 11) is 0. The molecule has 3 aromatic rings. The summed E-state index contributed by atoms with van der Waals surface area (Å²) in [5, 5.41) is 17.5. The van der Waals surface area contributed by atoms with E-state index >= 15 is 0 Å². The molecule has 0 unspecified atom stereocenters. The number of hydrogen-bond acceptors (Lipinski definition) is 12. The largest absolute Gasteiger partial charge is 0.393 e. The normalized spacial score (nSPS) is 25.9. The number of piperidine rings is 1. The Labute approximate surface area is 242 Å². The number of nitrogens with one attached hydrogen (secondary N) is 2. The van der Waals surface area contributed by atoms with E-state index in [-0.39, 0.29) is 29.7 Å². The van der Waals surface area contributed by atoms with Gasteiger partial charge in [-0.1, -0.05) is 23.4 Å². The van der Waals surface area contributed by atoms with Crippen LogP contribution in [0.2, 0.25) is 5.02 Å². The van der Waals surface area contributed by atoms with Crippen molar-refractivity contribution in [3.63, 3.8) is 0 Å². The molecule has 0 amide bonds. The van der Waals surface area contributed by atoms with Gasteiger partial charge in [0.2, 0.25) is 5.95 Å². The molecule has 1 saturated carbocycles. The molecule has 212 valence electrons. The molecule has 1 aliphatic carbocycles. The summed E-state index contributed by atoms with van der Waals surface area (Å²) in [5.41, 5.74) is 6.54. The molecule has 2 aliphatic heterocycles. The molecule has 40 heavy (non-hydrogen) atoms. The summed E-state index contributed by atoms with van der Waals surface area (Å²) < 4.78 is 5.84. The maximum Gasteiger partial charge on any atom is 0.224 e. The van der Waals surface area contributed by atoms with E-state index in [4.69, 9.17) is 22.1 Å². The number of pyridine rings is 1. The third kappa shape index (κ3) is 5.82. The Morgan fingerprint density at radius 2 is 1.95 bits per heavy atom. The van der Waals surface area contributed by atoms with E-state index in [9.17, 15) is 5.11 Å². The fourth-order valence-electron chi connectivity index (χ4n) is 5.77. The van der Waals surface area contributed by atoms with E-state index in [1.807, 2.05) is 12.3 Å². The molecule has 1 spiro atoms.